The van der Waals surface area contributed by atoms with E-state index >= 15 is 0 Å². The molecule has 3 aliphatic rings. The second kappa shape index (κ2) is 4.82. The summed E-state index contributed by atoms with van der Waals surface area (Å²) < 4.78 is 11.0. The minimum absolute atomic E-state index is 0.188. The maximum atomic E-state index is 12.4. The van der Waals surface area contributed by atoms with Crippen molar-refractivity contribution in [3.05, 3.63) is 0 Å². The number of urea groups is 1. The van der Waals surface area contributed by atoms with Crippen LogP contribution in [0.1, 0.15) is 19.3 Å². The highest BCUT2D eigenvalue weighted by atomic mass is 16.5. The van der Waals surface area contributed by atoms with Gasteiger partial charge in [0.25, 0.3) is 0 Å². The van der Waals surface area contributed by atoms with Crippen LogP contribution in [0.4, 0.5) is 4.79 Å². The van der Waals surface area contributed by atoms with Gasteiger partial charge >= 0.3 is 6.03 Å². The molecule has 0 aromatic heterocycles. The molecule has 2 amide bonds. The summed E-state index contributed by atoms with van der Waals surface area (Å²) >= 11 is 0. The summed E-state index contributed by atoms with van der Waals surface area (Å²) in [5.74, 6) is 0. The molecule has 3 rings (SSSR count). The number of nitrogens with zero attached hydrogens (tertiary/aromatic N) is 2. The minimum atomic E-state index is 0.188. The molecule has 1 saturated carbocycles. The first-order valence-corrected chi connectivity index (χ1v) is 6.61. The summed E-state index contributed by atoms with van der Waals surface area (Å²) in [6.07, 6.45) is 3.68. The molecule has 96 valence electrons. The van der Waals surface area contributed by atoms with E-state index < -0.39 is 0 Å². The molecule has 5 nitrogen and oxygen atoms in total. The number of ether oxygens (including phenoxy) is 2. The molecule has 2 saturated heterocycles. The molecule has 17 heavy (non-hydrogen) atoms. The third-order valence-corrected chi connectivity index (χ3v) is 4.01. The normalized spacial score (nSPS) is 33.6. The lowest BCUT2D eigenvalue weighted by Gasteiger charge is -2.41. The van der Waals surface area contributed by atoms with Gasteiger partial charge in [-0.25, -0.2) is 4.79 Å². The predicted molar refractivity (Wildman–Crippen MR) is 61.9 cm³/mol. The maximum absolute atomic E-state index is 12.4. The first kappa shape index (κ1) is 11.3. The lowest BCUT2D eigenvalue weighted by atomic mass is 10.1. The van der Waals surface area contributed by atoms with Gasteiger partial charge in [0.15, 0.2) is 0 Å². The average molecular weight is 240 g/mol. The molecular weight excluding hydrogens is 220 g/mol. The molecule has 5 heteroatoms. The summed E-state index contributed by atoms with van der Waals surface area (Å²) in [7, 11) is 0. The van der Waals surface area contributed by atoms with Crippen LogP contribution in [0, 0.1) is 0 Å². The van der Waals surface area contributed by atoms with Crippen LogP contribution in [-0.2, 0) is 9.47 Å². The van der Waals surface area contributed by atoms with Crippen molar-refractivity contribution in [3.8, 4) is 0 Å². The lowest BCUT2D eigenvalue weighted by molar-refractivity contribution is -0.0479. The Morgan fingerprint density at radius 2 is 1.88 bits per heavy atom. The van der Waals surface area contributed by atoms with Crippen LogP contribution < -0.4 is 0 Å². The first-order chi connectivity index (χ1) is 8.36. The van der Waals surface area contributed by atoms with Crippen LogP contribution in [0.3, 0.4) is 0 Å². The summed E-state index contributed by atoms with van der Waals surface area (Å²) in [4.78, 5) is 16.4. The zero-order valence-electron chi connectivity index (χ0n) is 10.1. The largest absolute Gasteiger partial charge is 0.378 e. The van der Waals surface area contributed by atoms with E-state index in [1.54, 1.807) is 0 Å². The van der Waals surface area contributed by atoms with Gasteiger partial charge in [0.05, 0.1) is 32.0 Å². The highest BCUT2D eigenvalue weighted by Gasteiger charge is 2.39. The SMILES string of the molecule is O=C(N1CCOCC1)N1CCOC2CCCC21. The second-order valence-electron chi connectivity index (χ2n) is 4.98. The molecule has 0 N–H and O–H groups in total. The van der Waals surface area contributed by atoms with Crippen LogP contribution in [0.15, 0.2) is 0 Å². The quantitative estimate of drug-likeness (QED) is 0.625. The molecule has 3 fully saturated rings. The van der Waals surface area contributed by atoms with Gasteiger partial charge in [-0.15, -0.1) is 0 Å². The molecule has 1 aliphatic carbocycles. The van der Waals surface area contributed by atoms with Crippen LogP contribution >= 0.6 is 0 Å². The molecule has 0 aromatic rings. The number of rotatable bonds is 0. The Morgan fingerprint density at radius 1 is 1.06 bits per heavy atom. The number of hydrogen-bond donors (Lipinski definition) is 0. The summed E-state index contributed by atoms with van der Waals surface area (Å²) in [5, 5.41) is 0. The van der Waals surface area contributed by atoms with E-state index in [0.717, 1.165) is 32.5 Å². The Kier molecular flexibility index (Phi) is 3.20. The van der Waals surface area contributed by atoms with E-state index in [4.69, 9.17) is 9.47 Å². The van der Waals surface area contributed by atoms with Crippen molar-refractivity contribution in [3.63, 3.8) is 0 Å². The van der Waals surface area contributed by atoms with Crippen molar-refractivity contribution in [2.45, 2.75) is 31.4 Å². The van der Waals surface area contributed by atoms with Gasteiger partial charge in [-0.05, 0) is 19.3 Å². The zero-order chi connectivity index (χ0) is 11.7. The van der Waals surface area contributed by atoms with E-state index in [9.17, 15) is 4.79 Å². The third kappa shape index (κ3) is 2.13. The summed E-state index contributed by atoms with van der Waals surface area (Å²) in [5.41, 5.74) is 0. The number of morpholine rings is 2. The fourth-order valence-corrected chi connectivity index (χ4v) is 3.10. The molecule has 2 unspecified atom stereocenters. The fraction of sp³-hybridized carbons (Fsp3) is 0.917. The fourth-order valence-electron chi connectivity index (χ4n) is 3.10. The van der Waals surface area contributed by atoms with Crippen molar-refractivity contribution >= 4 is 6.03 Å². The van der Waals surface area contributed by atoms with Gasteiger partial charge < -0.3 is 19.3 Å². The van der Waals surface area contributed by atoms with E-state index in [-0.39, 0.29) is 12.1 Å². The Bertz CT molecular complexity index is 291. The van der Waals surface area contributed by atoms with E-state index in [2.05, 4.69) is 0 Å². The van der Waals surface area contributed by atoms with Crippen molar-refractivity contribution in [1.29, 1.82) is 0 Å². The van der Waals surface area contributed by atoms with Crippen molar-refractivity contribution in [2.75, 3.05) is 39.5 Å². The van der Waals surface area contributed by atoms with Gasteiger partial charge in [-0.1, -0.05) is 0 Å². The molecular formula is C12H20N2O3. The lowest BCUT2D eigenvalue weighted by Crippen LogP contribution is -2.57. The van der Waals surface area contributed by atoms with Crippen LogP contribution in [0.5, 0.6) is 0 Å². The number of carbonyl (C=O) groups excluding carboxylic acids is 1. The van der Waals surface area contributed by atoms with Gasteiger partial charge in [0.1, 0.15) is 0 Å². The Labute approximate surface area is 102 Å². The van der Waals surface area contributed by atoms with Gasteiger partial charge in [-0.2, -0.15) is 0 Å². The predicted octanol–water partition coefficient (Wildman–Crippen LogP) is 0.692. The van der Waals surface area contributed by atoms with Crippen molar-refractivity contribution in [2.24, 2.45) is 0 Å². The molecule has 0 spiro atoms. The molecule has 0 radical (unpaired) electrons. The molecule has 2 aliphatic heterocycles. The van der Waals surface area contributed by atoms with Gasteiger partial charge in [-0.3, -0.25) is 0 Å². The summed E-state index contributed by atoms with van der Waals surface area (Å²) in [6.45, 7) is 4.24. The standard InChI is InChI=1S/C12H20N2O3/c15-12(13-4-7-16-8-5-13)14-6-9-17-11-3-1-2-10(11)14/h10-11H,1-9H2. The Hall–Kier alpha value is -0.810. The number of fused-ring (bicyclic) bond motifs is 1. The topological polar surface area (TPSA) is 42.0 Å². The van der Waals surface area contributed by atoms with Gasteiger partial charge in [0, 0.05) is 19.6 Å². The van der Waals surface area contributed by atoms with Crippen molar-refractivity contribution in [1.82, 2.24) is 9.80 Å². The minimum Gasteiger partial charge on any atom is -0.378 e. The summed E-state index contributed by atoms with van der Waals surface area (Å²) in [6, 6.07) is 0.507. The van der Waals surface area contributed by atoms with E-state index in [1.165, 1.54) is 6.42 Å². The highest BCUT2D eigenvalue weighted by Crippen LogP contribution is 2.30. The first-order valence-electron chi connectivity index (χ1n) is 6.61. The Morgan fingerprint density at radius 3 is 2.71 bits per heavy atom. The highest BCUT2D eigenvalue weighted by molar-refractivity contribution is 5.75. The van der Waals surface area contributed by atoms with E-state index in [0.29, 0.717) is 25.9 Å². The average Bonchev–Trinajstić information content (AvgIpc) is 2.87. The monoisotopic (exact) mass is 240 g/mol. The van der Waals surface area contributed by atoms with Crippen molar-refractivity contribution < 1.29 is 14.3 Å². The molecule has 0 bridgehead atoms. The number of carbonyl (C=O) groups is 1. The number of hydrogen-bond acceptors (Lipinski definition) is 3. The van der Waals surface area contributed by atoms with Crippen LogP contribution in [0.25, 0.3) is 0 Å². The molecule has 0 aromatic carbocycles. The second-order valence-corrected chi connectivity index (χ2v) is 4.98. The Balaban J connectivity index is 1.67. The molecule has 2 heterocycles. The number of amides is 2. The molecule has 2 atom stereocenters. The van der Waals surface area contributed by atoms with Crippen LogP contribution in [0.2, 0.25) is 0 Å². The third-order valence-electron chi connectivity index (χ3n) is 4.01. The van der Waals surface area contributed by atoms with Gasteiger partial charge in [0.2, 0.25) is 0 Å². The maximum Gasteiger partial charge on any atom is 0.320 e. The van der Waals surface area contributed by atoms with Crippen LogP contribution in [-0.4, -0.2) is 67.4 Å². The zero-order valence-corrected chi connectivity index (χ0v) is 10.1. The van der Waals surface area contributed by atoms with E-state index in [1.807, 2.05) is 9.80 Å². The smallest absolute Gasteiger partial charge is 0.320 e.